The molecule has 0 aliphatic rings. The highest BCUT2D eigenvalue weighted by molar-refractivity contribution is 7.22. The zero-order valence-electron chi connectivity index (χ0n) is 11.6. The van der Waals surface area contributed by atoms with Crippen LogP contribution in [0.4, 0.5) is 9.52 Å². The van der Waals surface area contributed by atoms with Crippen LogP contribution >= 0.6 is 11.3 Å². The van der Waals surface area contributed by atoms with Crippen molar-refractivity contribution in [3.63, 3.8) is 0 Å². The number of thiazole rings is 1. The molecule has 5 heteroatoms. The molecule has 0 saturated carbocycles. The zero-order valence-corrected chi connectivity index (χ0v) is 12.4. The predicted octanol–water partition coefficient (Wildman–Crippen LogP) is 4.30. The van der Waals surface area contributed by atoms with Crippen molar-refractivity contribution in [2.75, 3.05) is 5.32 Å². The Kier molecular flexibility index (Phi) is 3.43. The molecule has 3 aromatic rings. The van der Waals surface area contributed by atoms with E-state index in [4.69, 9.17) is 0 Å². The van der Waals surface area contributed by atoms with Crippen LogP contribution in [-0.2, 0) is 0 Å². The van der Waals surface area contributed by atoms with Crippen LogP contribution < -0.4 is 5.32 Å². The summed E-state index contributed by atoms with van der Waals surface area (Å²) in [7, 11) is 0. The lowest BCUT2D eigenvalue weighted by Crippen LogP contribution is -2.13. The molecule has 0 spiro atoms. The van der Waals surface area contributed by atoms with Gasteiger partial charge in [-0.2, -0.15) is 0 Å². The second-order valence-corrected chi connectivity index (χ2v) is 5.83. The molecule has 0 bridgehead atoms. The van der Waals surface area contributed by atoms with E-state index in [0.29, 0.717) is 5.13 Å². The van der Waals surface area contributed by atoms with E-state index in [9.17, 15) is 9.18 Å². The van der Waals surface area contributed by atoms with E-state index in [-0.39, 0.29) is 5.56 Å². The molecular formula is C16H13FN2OS. The first kappa shape index (κ1) is 13.7. The molecule has 0 saturated heterocycles. The van der Waals surface area contributed by atoms with Crippen LogP contribution in [0.2, 0.25) is 0 Å². The molecule has 0 aliphatic carbocycles. The van der Waals surface area contributed by atoms with Crippen molar-refractivity contribution in [1.29, 1.82) is 0 Å². The number of hydrogen-bond donors (Lipinski definition) is 1. The normalized spacial score (nSPS) is 10.8. The highest BCUT2D eigenvalue weighted by Crippen LogP contribution is 2.31. The second-order valence-electron chi connectivity index (χ2n) is 4.83. The van der Waals surface area contributed by atoms with Gasteiger partial charge in [0.15, 0.2) is 5.13 Å². The van der Waals surface area contributed by atoms with Crippen LogP contribution in [-0.4, -0.2) is 10.9 Å². The highest BCUT2D eigenvalue weighted by Gasteiger charge is 2.14. The van der Waals surface area contributed by atoms with Crippen molar-refractivity contribution in [3.8, 4) is 0 Å². The maximum absolute atomic E-state index is 13.6. The first-order valence-corrected chi connectivity index (χ1v) is 7.30. The standard InChI is InChI=1S/C16H13FN2OS/c1-9-7-8-10(2)14-13(9)18-16(21-14)19-15(20)11-5-3-4-6-12(11)17/h3-8H,1-2H3,(H,18,19,20). The fraction of sp³-hybridized carbons (Fsp3) is 0.125. The van der Waals surface area contributed by atoms with Crippen LogP contribution in [0, 0.1) is 19.7 Å². The summed E-state index contributed by atoms with van der Waals surface area (Å²) < 4.78 is 14.6. The van der Waals surface area contributed by atoms with Crippen LogP contribution in [0.1, 0.15) is 21.5 Å². The summed E-state index contributed by atoms with van der Waals surface area (Å²) in [6, 6.07) is 9.93. The molecule has 0 atom stereocenters. The van der Waals surface area contributed by atoms with Gasteiger partial charge >= 0.3 is 0 Å². The Hall–Kier alpha value is -2.27. The van der Waals surface area contributed by atoms with Gasteiger partial charge in [0.05, 0.1) is 15.8 Å². The highest BCUT2D eigenvalue weighted by atomic mass is 32.1. The molecule has 1 amide bonds. The zero-order chi connectivity index (χ0) is 15.0. The molecule has 0 radical (unpaired) electrons. The van der Waals surface area contributed by atoms with E-state index in [1.54, 1.807) is 12.1 Å². The van der Waals surface area contributed by atoms with Gasteiger partial charge in [-0.1, -0.05) is 35.6 Å². The number of anilines is 1. The number of nitrogens with zero attached hydrogens (tertiary/aromatic N) is 1. The van der Waals surface area contributed by atoms with Crippen LogP contribution in [0.25, 0.3) is 10.2 Å². The van der Waals surface area contributed by atoms with Crippen LogP contribution in [0.15, 0.2) is 36.4 Å². The first-order valence-electron chi connectivity index (χ1n) is 6.49. The van der Waals surface area contributed by atoms with Gasteiger partial charge < -0.3 is 0 Å². The quantitative estimate of drug-likeness (QED) is 0.766. The first-order chi connectivity index (χ1) is 10.1. The monoisotopic (exact) mass is 300 g/mol. The number of carbonyl (C=O) groups excluding carboxylic acids is 1. The van der Waals surface area contributed by atoms with Gasteiger partial charge in [-0.15, -0.1) is 0 Å². The van der Waals surface area contributed by atoms with Gasteiger partial charge in [-0.3, -0.25) is 10.1 Å². The minimum absolute atomic E-state index is 0.0187. The summed E-state index contributed by atoms with van der Waals surface area (Å²) >= 11 is 1.40. The molecule has 1 aromatic heterocycles. The summed E-state index contributed by atoms with van der Waals surface area (Å²) in [4.78, 5) is 16.5. The molecule has 0 fully saturated rings. The third kappa shape index (κ3) is 2.52. The third-order valence-electron chi connectivity index (χ3n) is 3.28. The van der Waals surface area contributed by atoms with E-state index in [0.717, 1.165) is 21.3 Å². The van der Waals surface area contributed by atoms with Gasteiger partial charge in [0, 0.05) is 0 Å². The number of halogens is 1. The number of benzene rings is 2. The Morgan fingerprint density at radius 3 is 2.57 bits per heavy atom. The van der Waals surface area contributed by atoms with Gasteiger partial charge in [-0.25, -0.2) is 9.37 Å². The average molecular weight is 300 g/mol. The summed E-state index contributed by atoms with van der Waals surface area (Å²) in [5.41, 5.74) is 3.06. The number of hydrogen-bond acceptors (Lipinski definition) is 3. The van der Waals surface area contributed by atoms with E-state index in [2.05, 4.69) is 10.3 Å². The number of amides is 1. The second kappa shape index (κ2) is 5.26. The largest absolute Gasteiger partial charge is 0.298 e. The van der Waals surface area contributed by atoms with Gasteiger partial charge in [0.2, 0.25) is 0 Å². The summed E-state index contributed by atoms with van der Waals surface area (Å²) in [5, 5.41) is 3.15. The number of rotatable bonds is 2. The molecule has 3 nitrogen and oxygen atoms in total. The summed E-state index contributed by atoms with van der Waals surface area (Å²) in [6.07, 6.45) is 0. The summed E-state index contributed by atoms with van der Waals surface area (Å²) in [6.45, 7) is 3.98. The summed E-state index contributed by atoms with van der Waals surface area (Å²) in [5.74, 6) is -1.02. The van der Waals surface area contributed by atoms with Crippen LogP contribution in [0.3, 0.4) is 0 Å². The van der Waals surface area contributed by atoms with Crippen molar-refractivity contribution in [2.24, 2.45) is 0 Å². The lowest BCUT2D eigenvalue weighted by molar-refractivity contribution is 0.102. The van der Waals surface area contributed by atoms with Gasteiger partial charge in [-0.05, 0) is 37.1 Å². The number of aromatic nitrogens is 1. The molecule has 1 N–H and O–H groups in total. The van der Waals surface area contributed by atoms with E-state index in [1.807, 2.05) is 26.0 Å². The topological polar surface area (TPSA) is 42.0 Å². The van der Waals surface area contributed by atoms with E-state index >= 15 is 0 Å². The molecule has 2 aromatic carbocycles. The van der Waals surface area contributed by atoms with Crippen molar-refractivity contribution in [3.05, 3.63) is 58.9 Å². The number of carbonyl (C=O) groups is 1. The fourth-order valence-corrected chi connectivity index (χ4v) is 3.13. The Labute approximate surface area is 125 Å². The Balaban J connectivity index is 1.96. The molecule has 106 valence electrons. The van der Waals surface area contributed by atoms with Gasteiger partial charge in [0.25, 0.3) is 5.91 Å². The van der Waals surface area contributed by atoms with Crippen molar-refractivity contribution in [1.82, 2.24) is 4.98 Å². The molecule has 21 heavy (non-hydrogen) atoms. The smallest absolute Gasteiger partial charge is 0.260 e. The fourth-order valence-electron chi connectivity index (χ4n) is 2.12. The minimum Gasteiger partial charge on any atom is -0.298 e. The molecular weight excluding hydrogens is 287 g/mol. The van der Waals surface area contributed by atoms with E-state index in [1.165, 1.54) is 23.5 Å². The molecule has 0 aliphatic heterocycles. The predicted molar refractivity (Wildman–Crippen MR) is 83.4 cm³/mol. The lowest BCUT2D eigenvalue weighted by atomic mass is 10.1. The maximum atomic E-state index is 13.6. The number of fused-ring (bicyclic) bond motifs is 1. The SMILES string of the molecule is Cc1ccc(C)c2sc(NC(=O)c3ccccc3F)nc12. The maximum Gasteiger partial charge on any atom is 0.260 e. The van der Waals surface area contributed by atoms with Crippen LogP contribution in [0.5, 0.6) is 0 Å². The molecule has 1 heterocycles. The number of nitrogens with one attached hydrogen (secondary N) is 1. The molecule has 0 unspecified atom stereocenters. The Bertz CT molecular complexity index is 802. The average Bonchev–Trinajstić information content (AvgIpc) is 2.88. The van der Waals surface area contributed by atoms with Crippen molar-refractivity contribution >= 4 is 32.6 Å². The number of aryl methyl sites for hydroxylation is 2. The Morgan fingerprint density at radius 1 is 1.14 bits per heavy atom. The lowest BCUT2D eigenvalue weighted by Gasteiger charge is -2.02. The minimum atomic E-state index is -0.538. The third-order valence-corrected chi connectivity index (χ3v) is 4.39. The Morgan fingerprint density at radius 2 is 1.86 bits per heavy atom. The van der Waals surface area contributed by atoms with Gasteiger partial charge in [0.1, 0.15) is 5.82 Å². The van der Waals surface area contributed by atoms with E-state index < -0.39 is 11.7 Å². The van der Waals surface area contributed by atoms with Crippen molar-refractivity contribution in [2.45, 2.75) is 13.8 Å². The molecule has 3 rings (SSSR count). The van der Waals surface area contributed by atoms with Crippen molar-refractivity contribution < 1.29 is 9.18 Å².